The van der Waals surface area contributed by atoms with Gasteiger partial charge < -0.3 is 5.32 Å². The molecule has 3 unspecified atom stereocenters. The summed E-state index contributed by atoms with van der Waals surface area (Å²) in [5.41, 5.74) is 1.43. The Labute approximate surface area is 131 Å². The Balaban J connectivity index is 2.22. The number of hydrogen-bond acceptors (Lipinski definition) is 2. The summed E-state index contributed by atoms with van der Waals surface area (Å²) in [4.78, 5) is 0. The van der Waals surface area contributed by atoms with E-state index in [0.29, 0.717) is 5.92 Å². The van der Waals surface area contributed by atoms with Gasteiger partial charge in [-0.15, -0.1) is 0 Å². The van der Waals surface area contributed by atoms with Crippen molar-refractivity contribution in [1.82, 2.24) is 15.1 Å². The molecule has 3 atom stereocenters. The minimum absolute atomic E-state index is 0.640. The molecule has 0 saturated heterocycles. The molecule has 0 aromatic carbocycles. The molecule has 3 nitrogen and oxygen atoms in total. The van der Waals surface area contributed by atoms with Crippen LogP contribution in [0.1, 0.15) is 58.1 Å². The van der Waals surface area contributed by atoms with Crippen molar-refractivity contribution in [2.24, 2.45) is 11.8 Å². The van der Waals surface area contributed by atoms with E-state index in [-0.39, 0.29) is 0 Å². The molecule has 0 aliphatic heterocycles. The molecule has 1 fully saturated rings. The van der Waals surface area contributed by atoms with Crippen LogP contribution in [0.2, 0.25) is 0 Å². The van der Waals surface area contributed by atoms with Gasteiger partial charge in [0.1, 0.15) is 0 Å². The van der Waals surface area contributed by atoms with Crippen molar-refractivity contribution in [3.05, 3.63) is 16.4 Å². The average molecular weight is 342 g/mol. The van der Waals surface area contributed by atoms with Gasteiger partial charge in [0.15, 0.2) is 0 Å². The lowest BCUT2D eigenvalue weighted by molar-refractivity contribution is 0.233. The summed E-state index contributed by atoms with van der Waals surface area (Å²) >= 11 is 3.73. The number of nitrogens with one attached hydrogen (secondary N) is 1. The van der Waals surface area contributed by atoms with Gasteiger partial charge in [-0.1, -0.05) is 27.2 Å². The Morgan fingerprint density at radius 1 is 1.40 bits per heavy atom. The summed E-state index contributed by atoms with van der Waals surface area (Å²) in [5, 5.41) is 8.12. The molecule has 114 valence electrons. The van der Waals surface area contributed by atoms with Crippen LogP contribution in [0, 0.1) is 11.8 Å². The molecule has 4 heteroatoms. The average Bonchev–Trinajstić information content (AvgIpc) is 2.79. The van der Waals surface area contributed by atoms with E-state index in [1.807, 2.05) is 6.20 Å². The molecule has 0 radical (unpaired) electrons. The fourth-order valence-electron chi connectivity index (χ4n) is 3.48. The van der Waals surface area contributed by atoms with Crippen molar-refractivity contribution in [3.8, 4) is 0 Å². The van der Waals surface area contributed by atoms with Crippen molar-refractivity contribution in [2.45, 2.75) is 58.9 Å². The maximum absolute atomic E-state index is 4.57. The zero-order valence-electron chi connectivity index (χ0n) is 13.0. The minimum atomic E-state index is 0.640. The monoisotopic (exact) mass is 341 g/mol. The quantitative estimate of drug-likeness (QED) is 0.840. The van der Waals surface area contributed by atoms with Gasteiger partial charge in [0.25, 0.3) is 0 Å². The van der Waals surface area contributed by atoms with Crippen molar-refractivity contribution < 1.29 is 0 Å². The second-order valence-corrected chi connectivity index (χ2v) is 7.05. The van der Waals surface area contributed by atoms with Gasteiger partial charge in [-0.05, 0) is 60.1 Å². The summed E-state index contributed by atoms with van der Waals surface area (Å²) in [6, 6.07) is 0. The molecular formula is C16H28BrN3. The fraction of sp³-hybridized carbons (Fsp3) is 0.812. The topological polar surface area (TPSA) is 29.9 Å². The molecule has 20 heavy (non-hydrogen) atoms. The third-order valence-corrected chi connectivity index (χ3v) is 5.14. The molecule has 1 aliphatic carbocycles. The summed E-state index contributed by atoms with van der Waals surface area (Å²) in [7, 11) is 0. The van der Waals surface area contributed by atoms with Crippen LogP contribution in [0.3, 0.4) is 0 Å². The van der Waals surface area contributed by atoms with Crippen LogP contribution in [0.15, 0.2) is 10.7 Å². The number of aromatic nitrogens is 2. The summed E-state index contributed by atoms with van der Waals surface area (Å²) < 4.78 is 3.43. The molecule has 0 spiro atoms. The van der Waals surface area contributed by atoms with Crippen LogP contribution < -0.4 is 5.32 Å². The highest BCUT2D eigenvalue weighted by molar-refractivity contribution is 9.10. The predicted molar refractivity (Wildman–Crippen MR) is 88.0 cm³/mol. The van der Waals surface area contributed by atoms with Crippen LogP contribution in [-0.4, -0.2) is 22.9 Å². The van der Waals surface area contributed by atoms with Gasteiger partial charge in [0.05, 0.1) is 16.4 Å². The van der Waals surface area contributed by atoms with Crippen molar-refractivity contribution in [3.63, 3.8) is 0 Å². The van der Waals surface area contributed by atoms with Crippen LogP contribution in [-0.2, 0) is 6.54 Å². The molecule has 0 amide bonds. The molecule has 1 aromatic heterocycles. The number of rotatable bonds is 6. The molecular weight excluding hydrogens is 314 g/mol. The minimum Gasteiger partial charge on any atom is -0.317 e. The summed E-state index contributed by atoms with van der Waals surface area (Å²) in [6.45, 7) is 10.0. The zero-order valence-corrected chi connectivity index (χ0v) is 14.6. The molecule has 1 N–H and O–H groups in total. The van der Waals surface area contributed by atoms with Gasteiger partial charge in [0, 0.05) is 12.5 Å². The lowest BCUT2D eigenvalue weighted by atomic mass is 9.73. The van der Waals surface area contributed by atoms with Crippen molar-refractivity contribution in [2.75, 3.05) is 13.1 Å². The first-order valence-electron chi connectivity index (χ1n) is 8.09. The molecule has 2 rings (SSSR count). The number of hydrogen-bond donors (Lipinski definition) is 1. The highest BCUT2D eigenvalue weighted by Gasteiger charge is 2.33. The standard InChI is InChI=1S/C16H28BrN3/c1-4-8-20-16(15(17)11-19-20)14-9-12(3)6-7-13(14)10-18-5-2/h11-14,18H,4-10H2,1-3H3. The first-order valence-corrected chi connectivity index (χ1v) is 8.88. The summed E-state index contributed by atoms with van der Waals surface area (Å²) in [5.74, 6) is 2.21. The van der Waals surface area contributed by atoms with E-state index in [0.717, 1.165) is 37.9 Å². The van der Waals surface area contributed by atoms with Crippen molar-refractivity contribution in [1.29, 1.82) is 0 Å². The highest BCUT2D eigenvalue weighted by Crippen LogP contribution is 2.42. The van der Waals surface area contributed by atoms with E-state index in [9.17, 15) is 0 Å². The molecule has 1 saturated carbocycles. The highest BCUT2D eigenvalue weighted by atomic mass is 79.9. The SMILES string of the molecule is CCCn1ncc(Br)c1C1CC(C)CCC1CNCC. The van der Waals surface area contributed by atoms with Crippen molar-refractivity contribution >= 4 is 15.9 Å². The lowest BCUT2D eigenvalue weighted by Crippen LogP contribution is -2.32. The lowest BCUT2D eigenvalue weighted by Gasteiger charge is -2.35. The maximum atomic E-state index is 4.57. The Morgan fingerprint density at radius 3 is 2.90 bits per heavy atom. The number of halogens is 1. The second-order valence-electron chi connectivity index (χ2n) is 6.19. The first kappa shape index (κ1) is 16.0. The van der Waals surface area contributed by atoms with Crippen LogP contribution in [0.5, 0.6) is 0 Å². The van der Waals surface area contributed by atoms with Crippen LogP contribution in [0.25, 0.3) is 0 Å². The van der Waals surface area contributed by atoms with E-state index in [2.05, 4.69) is 51.8 Å². The van der Waals surface area contributed by atoms with E-state index in [4.69, 9.17) is 0 Å². The Bertz CT molecular complexity index is 414. The van der Waals surface area contributed by atoms with Gasteiger partial charge in [-0.2, -0.15) is 5.10 Å². The number of aryl methyl sites for hydroxylation is 1. The first-order chi connectivity index (χ1) is 9.67. The third-order valence-electron chi connectivity index (χ3n) is 4.53. The zero-order chi connectivity index (χ0) is 14.5. The normalized spacial score (nSPS) is 26.9. The predicted octanol–water partition coefficient (Wildman–Crippen LogP) is 4.18. The molecule has 1 aromatic rings. The maximum Gasteiger partial charge on any atom is 0.0635 e. The van der Waals surface area contributed by atoms with Gasteiger partial charge >= 0.3 is 0 Å². The number of nitrogens with zero attached hydrogens (tertiary/aromatic N) is 2. The molecule has 1 heterocycles. The van der Waals surface area contributed by atoms with Gasteiger partial charge in [0.2, 0.25) is 0 Å². The van der Waals surface area contributed by atoms with E-state index >= 15 is 0 Å². The largest absolute Gasteiger partial charge is 0.317 e. The van der Waals surface area contributed by atoms with Gasteiger partial charge in [-0.25, -0.2) is 0 Å². The molecule has 0 bridgehead atoms. The van der Waals surface area contributed by atoms with Crippen LogP contribution >= 0.6 is 15.9 Å². The summed E-state index contributed by atoms with van der Waals surface area (Å²) in [6.07, 6.45) is 7.12. The smallest absolute Gasteiger partial charge is 0.0635 e. The molecule has 1 aliphatic rings. The van der Waals surface area contributed by atoms with E-state index < -0.39 is 0 Å². The second kappa shape index (κ2) is 7.60. The third kappa shape index (κ3) is 3.64. The van der Waals surface area contributed by atoms with E-state index in [1.165, 1.54) is 29.4 Å². The Hall–Kier alpha value is -0.350. The van der Waals surface area contributed by atoms with Crippen LogP contribution in [0.4, 0.5) is 0 Å². The Morgan fingerprint density at radius 2 is 2.20 bits per heavy atom. The van der Waals surface area contributed by atoms with E-state index in [1.54, 1.807) is 0 Å². The Kier molecular flexibility index (Phi) is 6.09. The fourth-order valence-corrected chi connectivity index (χ4v) is 4.07. The van der Waals surface area contributed by atoms with Gasteiger partial charge in [-0.3, -0.25) is 4.68 Å².